The van der Waals surface area contributed by atoms with Crippen LogP contribution >= 0.6 is 0 Å². The molecule has 0 amide bonds. The quantitative estimate of drug-likeness (QED) is 0.748. The number of rotatable bonds is 4. The molecule has 0 atom stereocenters. The minimum Gasteiger partial charge on any atom is -0.307 e. The van der Waals surface area contributed by atoms with E-state index in [1.165, 1.54) is 5.56 Å². The van der Waals surface area contributed by atoms with Gasteiger partial charge in [-0.05, 0) is 17.7 Å². The van der Waals surface area contributed by atoms with Crippen molar-refractivity contribution in [3.8, 4) is 0 Å². The molecule has 0 aliphatic heterocycles. The van der Waals surface area contributed by atoms with Crippen LogP contribution in [0.4, 0.5) is 5.69 Å². The molecule has 17 heavy (non-hydrogen) atoms. The van der Waals surface area contributed by atoms with E-state index in [1.807, 2.05) is 25.4 Å². The van der Waals surface area contributed by atoms with Gasteiger partial charge < -0.3 is 5.01 Å². The molecule has 0 N–H and O–H groups in total. The summed E-state index contributed by atoms with van der Waals surface area (Å²) in [5, 5.41) is 4.26. The molecule has 2 rings (SSSR count). The highest BCUT2D eigenvalue weighted by Crippen LogP contribution is 2.13. The summed E-state index contributed by atoms with van der Waals surface area (Å²) in [4.78, 5) is 4.13. The summed E-state index contributed by atoms with van der Waals surface area (Å²) >= 11 is 0. The van der Waals surface area contributed by atoms with Crippen molar-refractivity contribution in [2.24, 2.45) is 0 Å². The molecule has 88 valence electrons. The van der Waals surface area contributed by atoms with E-state index < -0.39 is 0 Å². The van der Waals surface area contributed by atoms with Crippen LogP contribution in [-0.4, -0.2) is 24.1 Å². The highest BCUT2D eigenvalue weighted by atomic mass is 15.6. The van der Waals surface area contributed by atoms with Gasteiger partial charge in [-0.25, -0.2) is 5.01 Å². The molecule has 0 fully saturated rings. The first-order chi connectivity index (χ1) is 8.27. The molecule has 1 heterocycles. The molecule has 3 heteroatoms. The van der Waals surface area contributed by atoms with Crippen molar-refractivity contribution in [2.75, 3.05) is 19.1 Å². The zero-order valence-corrected chi connectivity index (χ0v) is 10.2. The molecule has 1 aromatic carbocycles. The molecular formula is C14H17N3. The van der Waals surface area contributed by atoms with Crippen molar-refractivity contribution in [1.82, 2.24) is 9.99 Å². The summed E-state index contributed by atoms with van der Waals surface area (Å²) in [7, 11) is 4.11. The van der Waals surface area contributed by atoms with Crippen molar-refractivity contribution in [1.29, 1.82) is 0 Å². The third-order valence-corrected chi connectivity index (χ3v) is 2.79. The standard InChI is InChI=1S/C14H17N3/c1-16(12-13-7-4-3-5-8-13)17(2)14-9-6-10-15-11-14/h3-11H,12H2,1-2H3. The smallest absolute Gasteiger partial charge is 0.0702 e. The summed E-state index contributed by atoms with van der Waals surface area (Å²) < 4.78 is 0. The lowest BCUT2D eigenvalue weighted by atomic mass is 10.2. The van der Waals surface area contributed by atoms with E-state index in [2.05, 4.69) is 52.4 Å². The monoisotopic (exact) mass is 227 g/mol. The average molecular weight is 227 g/mol. The van der Waals surface area contributed by atoms with Crippen LogP contribution in [0.25, 0.3) is 0 Å². The lowest BCUT2D eigenvalue weighted by Crippen LogP contribution is -2.36. The number of hydrazine groups is 1. The minimum absolute atomic E-state index is 0.881. The zero-order chi connectivity index (χ0) is 12.1. The molecule has 0 radical (unpaired) electrons. The Morgan fingerprint density at radius 2 is 1.76 bits per heavy atom. The van der Waals surface area contributed by atoms with Crippen molar-refractivity contribution in [3.63, 3.8) is 0 Å². The van der Waals surface area contributed by atoms with E-state index in [0.29, 0.717) is 0 Å². The Balaban J connectivity index is 2.03. The predicted octanol–water partition coefficient (Wildman–Crippen LogP) is 2.56. The third-order valence-electron chi connectivity index (χ3n) is 2.79. The molecule has 2 aromatic rings. The molecule has 0 saturated carbocycles. The van der Waals surface area contributed by atoms with Crippen LogP contribution in [0, 0.1) is 0 Å². The molecule has 0 unspecified atom stereocenters. The summed E-state index contributed by atoms with van der Waals surface area (Å²) in [5.74, 6) is 0. The Kier molecular flexibility index (Phi) is 3.73. The van der Waals surface area contributed by atoms with E-state index >= 15 is 0 Å². The van der Waals surface area contributed by atoms with Gasteiger partial charge in [-0.15, -0.1) is 0 Å². The number of benzene rings is 1. The first kappa shape index (κ1) is 11.6. The molecule has 1 aromatic heterocycles. The minimum atomic E-state index is 0.881. The fourth-order valence-corrected chi connectivity index (χ4v) is 1.70. The zero-order valence-electron chi connectivity index (χ0n) is 10.2. The second-order valence-corrected chi connectivity index (χ2v) is 4.04. The van der Waals surface area contributed by atoms with Gasteiger partial charge in [-0.2, -0.15) is 0 Å². The summed E-state index contributed by atoms with van der Waals surface area (Å²) in [6.45, 7) is 0.881. The van der Waals surface area contributed by atoms with Gasteiger partial charge >= 0.3 is 0 Å². The van der Waals surface area contributed by atoms with Crippen LogP contribution in [0.5, 0.6) is 0 Å². The number of hydrogen-bond donors (Lipinski definition) is 0. The van der Waals surface area contributed by atoms with Gasteiger partial charge in [0.2, 0.25) is 0 Å². The second-order valence-electron chi connectivity index (χ2n) is 4.04. The van der Waals surface area contributed by atoms with Crippen LogP contribution in [-0.2, 0) is 6.54 Å². The van der Waals surface area contributed by atoms with Gasteiger partial charge in [0.1, 0.15) is 0 Å². The largest absolute Gasteiger partial charge is 0.307 e. The van der Waals surface area contributed by atoms with Crippen LogP contribution in [0.1, 0.15) is 5.56 Å². The van der Waals surface area contributed by atoms with E-state index in [0.717, 1.165) is 12.2 Å². The number of aromatic nitrogens is 1. The molecule has 3 nitrogen and oxygen atoms in total. The second kappa shape index (κ2) is 5.46. The topological polar surface area (TPSA) is 19.4 Å². The van der Waals surface area contributed by atoms with Crippen molar-refractivity contribution < 1.29 is 0 Å². The first-order valence-corrected chi connectivity index (χ1v) is 5.66. The summed E-state index contributed by atoms with van der Waals surface area (Å²) in [5.41, 5.74) is 2.39. The van der Waals surface area contributed by atoms with Gasteiger partial charge in [0.05, 0.1) is 11.9 Å². The van der Waals surface area contributed by atoms with Gasteiger partial charge in [0.15, 0.2) is 0 Å². The summed E-state index contributed by atoms with van der Waals surface area (Å²) in [6.07, 6.45) is 3.65. The number of nitrogens with zero attached hydrogens (tertiary/aromatic N) is 3. The average Bonchev–Trinajstić information content (AvgIpc) is 2.40. The Morgan fingerprint density at radius 3 is 2.41 bits per heavy atom. The molecular weight excluding hydrogens is 210 g/mol. The number of pyridine rings is 1. The number of anilines is 1. The van der Waals surface area contributed by atoms with Gasteiger partial charge in [-0.3, -0.25) is 4.98 Å². The van der Waals surface area contributed by atoms with Crippen molar-refractivity contribution >= 4 is 5.69 Å². The van der Waals surface area contributed by atoms with Gasteiger partial charge in [0, 0.05) is 26.8 Å². The van der Waals surface area contributed by atoms with Crippen molar-refractivity contribution in [3.05, 3.63) is 60.4 Å². The maximum Gasteiger partial charge on any atom is 0.0702 e. The lowest BCUT2D eigenvalue weighted by Gasteiger charge is -2.29. The van der Waals surface area contributed by atoms with E-state index in [1.54, 1.807) is 6.20 Å². The maximum atomic E-state index is 4.13. The lowest BCUT2D eigenvalue weighted by molar-refractivity contribution is 0.316. The Morgan fingerprint density at radius 1 is 1.00 bits per heavy atom. The maximum absolute atomic E-state index is 4.13. The highest BCUT2D eigenvalue weighted by molar-refractivity contribution is 5.41. The van der Waals surface area contributed by atoms with Crippen LogP contribution in [0.2, 0.25) is 0 Å². The molecule has 0 bridgehead atoms. The SMILES string of the molecule is CN(Cc1ccccc1)N(C)c1cccnc1. The number of hydrogen-bond acceptors (Lipinski definition) is 3. The molecule has 0 aliphatic rings. The Labute approximate surface area is 102 Å². The van der Waals surface area contributed by atoms with E-state index in [-0.39, 0.29) is 0 Å². The third kappa shape index (κ3) is 3.04. The van der Waals surface area contributed by atoms with Gasteiger partial charge in [0.25, 0.3) is 0 Å². The van der Waals surface area contributed by atoms with E-state index in [9.17, 15) is 0 Å². The molecule has 0 aliphatic carbocycles. The Bertz CT molecular complexity index is 442. The predicted molar refractivity (Wildman–Crippen MR) is 70.5 cm³/mol. The van der Waals surface area contributed by atoms with Crippen LogP contribution < -0.4 is 5.01 Å². The summed E-state index contributed by atoms with van der Waals surface area (Å²) in [6, 6.07) is 14.4. The normalized spacial score (nSPS) is 10.5. The van der Waals surface area contributed by atoms with Crippen molar-refractivity contribution in [2.45, 2.75) is 6.54 Å². The van der Waals surface area contributed by atoms with E-state index in [4.69, 9.17) is 0 Å². The fraction of sp³-hybridized carbons (Fsp3) is 0.214. The highest BCUT2D eigenvalue weighted by Gasteiger charge is 2.07. The Hall–Kier alpha value is -1.87. The van der Waals surface area contributed by atoms with Crippen LogP contribution in [0.3, 0.4) is 0 Å². The molecule has 0 spiro atoms. The van der Waals surface area contributed by atoms with Crippen LogP contribution in [0.15, 0.2) is 54.9 Å². The first-order valence-electron chi connectivity index (χ1n) is 5.66. The molecule has 0 saturated heterocycles. The van der Waals surface area contributed by atoms with Gasteiger partial charge in [-0.1, -0.05) is 30.3 Å². The fourth-order valence-electron chi connectivity index (χ4n) is 1.70.